The molecular formula is C14H23N5OS. The maximum atomic E-state index is 5.48. The summed E-state index contributed by atoms with van der Waals surface area (Å²) < 4.78 is 5.29. The van der Waals surface area contributed by atoms with Crippen LogP contribution in [0.25, 0.3) is 10.2 Å². The number of anilines is 2. The third-order valence-corrected chi connectivity index (χ3v) is 4.57. The fourth-order valence-corrected chi connectivity index (χ4v) is 3.04. The van der Waals surface area contributed by atoms with Crippen LogP contribution in [0, 0.1) is 5.92 Å². The van der Waals surface area contributed by atoms with Crippen LogP contribution in [0.5, 0.6) is 0 Å². The SMILES string of the molecule is CCc1cc2c(NC(COC)C(C)C)nc(NN)nc2s1. The molecule has 0 aliphatic rings. The van der Waals surface area contributed by atoms with Crippen LogP contribution in [-0.4, -0.2) is 29.7 Å². The van der Waals surface area contributed by atoms with Gasteiger partial charge in [-0.15, -0.1) is 11.3 Å². The van der Waals surface area contributed by atoms with Gasteiger partial charge in [-0.2, -0.15) is 4.98 Å². The summed E-state index contributed by atoms with van der Waals surface area (Å²) in [5, 5.41) is 4.51. The lowest BCUT2D eigenvalue weighted by Crippen LogP contribution is -2.31. The predicted octanol–water partition coefficient (Wildman–Crippen LogP) is 2.62. The number of fused-ring (bicyclic) bond motifs is 1. The van der Waals surface area contributed by atoms with Gasteiger partial charge in [0.25, 0.3) is 0 Å². The van der Waals surface area contributed by atoms with Crippen molar-refractivity contribution in [1.82, 2.24) is 9.97 Å². The highest BCUT2D eigenvalue weighted by molar-refractivity contribution is 7.18. The van der Waals surface area contributed by atoms with Crippen LogP contribution in [0.1, 0.15) is 25.6 Å². The zero-order valence-electron chi connectivity index (χ0n) is 12.9. The van der Waals surface area contributed by atoms with Crippen LogP contribution in [0.3, 0.4) is 0 Å². The molecule has 0 fully saturated rings. The number of nitrogens with one attached hydrogen (secondary N) is 2. The number of aromatic nitrogens is 2. The second-order valence-electron chi connectivity index (χ2n) is 5.28. The molecule has 0 aliphatic carbocycles. The molecule has 116 valence electrons. The summed E-state index contributed by atoms with van der Waals surface area (Å²) >= 11 is 1.67. The first kappa shape index (κ1) is 15.9. The molecule has 0 aromatic carbocycles. The molecule has 1 unspecified atom stereocenters. The normalized spacial score (nSPS) is 12.9. The number of hydrogen-bond donors (Lipinski definition) is 3. The van der Waals surface area contributed by atoms with E-state index in [9.17, 15) is 0 Å². The Bertz CT molecular complexity index is 598. The Balaban J connectivity index is 2.42. The Hall–Kier alpha value is -1.44. The van der Waals surface area contributed by atoms with Gasteiger partial charge in [0.2, 0.25) is 5.95 Å². The number of thiophene rings is 1. The third kappa shape index (κ3) is 3.61. The van der Waals surface area contributed by atoms with Gasteiger partial charge in [0.05, 0.1) is 18.0 Å². The van der Waals surface area contributed by atoms with Crippen LogP contribution >= 0.6 is 11.3 Å². The van der Waals surface area contributed by atoms with Crippen LogP contribution in [0.4, 0.5) is 11.8 Å². The van der Waals surface area contributed by atoms with Gasteiger partial charge >= 0.3 is 0 Å². The summed E-state index contributed by atoms with van der Waals surface area (Å²) in [5.74, 6) is 7.13. The van der Waals surface area contributed by atoms with E-state index in [1.165, 1.54) is 4.88 Å². The number of hydrazine groups is 1. The van der Waals surface area contributed by atoms with Gasteiger partial charge in [-0.05, 0) is 18.4 Å². The van der Waals surface area contributed by atoms with E-state index >= 15 is 0 Å². The van der Waals surface area contributed by atoms with E-state index in [1.807, 2.05) is 0 Å². The Morgan fingerprint density at radius 2 is 2.14 bits per heavy atom. The summed E-state index contributed by atoms with van der Waals surface area (Å²) in [4.78, 5) is 11.1. The Labute approximate surface area is 129 Å². The molecule has 7 heteroatoms. The third-order valence-electron chi connectivity index (χ3n) is 3.39. The Kier molecular flexibility index (Phi) is 5.33. The molecule has 0 spiro atoms. The maximum Gasteiger partial charge on any atom is 0.240 e. The molecule has 0 radical (unpaired) electrons. The van der Waals surface area contributed by atoms with Gasteiger partial charge in [0.15, 0.2) is 0 Å². The van der Waals surface area contributed by atoms with Crippen molar-refractivity contribution in [2.24, 2.45) is 11.8 Å². The first-order chi connectivity index (χ1) is 10.1. The van der Waals surface area contributed by atoms with E-state index < -0.39 is 0 Å². The monoisotopic (exact) mass is 309 g/mol. The first-order valence-corrected chi connectivity index (χ1v) is 7.93. The van der Waals surface area contributed by atoms with E-state index in [2.05, 4.69) is 47.5 Å². The largest absolute Gasteiger partial charge is 0.383 e. The number of hydrogen-bond acceptors (Lipinski definition) is 7. The Morgan fingerprint density at radius 3 is 2.71 bits per heavy atom. The van der Waals surface area contributed by atoms with E-state index in [1.54, 1.807) is 18.4 Å². The van der Waals surface area contributed by atoms with Crippen molar-refractivity contribution in [2.75, 3.05) is 24.5 Å². The molecule has 2 aromatic rings. The molecule has 0 aliphatic heterocycles. The average Bonchev–Trinajstić information content (AvgIpc) is 2.89. The number of aryl methyl sites for hydroxylation is 1. The van der Waals surface area contributed by atoms with Gasteiger partial charge in [0.1, 0.15) is 10.6 Å². The first-order valence-electron chi connectivity index (χ1n) is 7.11. The number of ether oxygens (including phenoxy) is 1. The number of nitrogen functional groups attached to an aromatic ring is 1. The number of nitrogens with zero attached hydrogens (tertiary/aromatic N) is 2. The highest BCUT2D eigenvalue weighted by Crippen LogP contribution is 2.31. The van der Waals surface area contributed by atoms with Gasteiger partial charge < -0.3 is 10.1 Å². The van der Waals surface area contributed by atoms with Crippen molar-refractivity contribution in [3.05, 3.63) is 10.9 Å². The lowest BCUT2D eigenvalue weighted by molar-refractivity contribution is 0.171. The average molecular weight is 309 g/mol. The molecule has 0 saturated carbocycles. The van der Waals surface area contributed by atoms with E-state index in [0.29, 0.717) is 18.5 Å². The molecule has 0 saturated heterocycles. The van der Waals surface area contributed by atoms with E-state index in [-0.39, 0.29) is 6.04 Å². The molecule has 0 amide bonds. The fourth-order valence-electron chi connectivity index (χ4n) is 2.08. The van der Waals surface area contributed by atoms with Crippen molar-refractivity contribution in [2.45, 2.75) is 33.2 Å². The quantitative estimate of drug-likeness (QED) is 0.538. The summed E-state index contributed by atoms with van der Waals surface area (Å²) in [6, 6.07) is 2.33. The van der Waals surface area contributed by atoms with Gasteiger partial charge in [-0.3, -0.25) is 5.43 Å². The summed E-state index contributed by atoms with van der Waals surface area (Å²) in [7, 11) is 1.71. The van der Waals surface area contributed by atoms with Gasteiger partial charge in [-0.25, -0.2) is 10.8 Å². The molecular weight excluding hydrogens is 286 g/mol. The molecule has 4 N–H and O–H groups in total. The maximum absolute atomic E-state index is 5.48. The minimum Gasteiger partial charge on any atom is -0.383 e. The van der Waals surface area contributed by atoms with Crippen LogP contribution in [0.2, 0.25) is 0 Å². The molecule has 6 nitrogen and oxygen atoms in total. The number of methoxy groups -OCH3 is 1. The molecule has 2 rings (SSSR count). The predicted molar refractivity (Wildman–Crippen MR) is 88.7 cm³/mol. The highest BCUT2D eigenvalue weighted by Gasteiger charge is 2.17. The lowest BCUT2D eigenvalue weighted by Gasteiger charge is -2.22. The summed E-state index contributed by atoms with van der Waals surface area (Å²) in [5.41, 5.74) is 2.53. The summed E-state index contributed by atoms with van der Waals surface area (Å²) in [6.45, 7) is 7.07. The molecule has 2 heterocycles. The van der Waals surface area contributed by atoms with Crippen molar-refractivity contribution in [1.29, 1.82) is 0 Å². The van der Waals surface area contributed by atoms with Crippen LogP contribution in [-0.2, 0) is 11.2 Å². The van der Waals surface area contributed by atoms with Crippen molar-refractivity contribution in [3.8, 4) is 0 Å². The smallest absolute Gasteiger partial charge is 0.240 e. The standard InChI is InChI=1S/C14H23N5OS/c1-5-9-6-10-12(16-11(7-20-4)8(2)3)17-14(19-15)18-13(10)21-9/h6,8,11H,5,7,15H2,1-4H3,(H2,16,17,18,19). The molecule has 0 bridgehead atoms. The summed E-state index contributed by atoms with van der Waals surface area (Å²) in [6.07, 6.45) is 0.984. The zero-order chi connectivity index (χ0) is 15.4. The number of rotatable bonds is 7. The van der Waals surface area contributed by atoms with Gasteiger partial charge in [-0.1, -0.05) is 20.8 Å². The van der Waals surface area contributed by atoms with E-state index in [4.69, 9.17) is 10.6 Å². The topological polar surface area (TPSA) is 85.1 Å². The van der Waals surface area contributed by atoms with E-state index in [0.717, 1.165) is 22.5 Å². The second-order valence-corrected chi connectivity index (χ2v) is 6.39. The van der Waals surface area contributed by atoms with Crippen LogP contribution in [0.15, 0.2) is 6.07 Å². The Morgan fingerprint density at radius 1 is 1.38 bits per heavy atom. The van der Waals surface area contributed by atoms with Crippen molar-refractivity contribution in [3.63, 3.8) is 0 Å². The molecule has 2 aromatic heterocycles. The highest BCUT2D eigenvalue weighted by atomic mass is 32.1. The van der Waals surface area contributed by atoms with Gasteiger partial charge in [0, 0.05) is 12.0 Å². The number of nitrogens with two attached hydrogens (primary N) is 1. The fraction of sp³-hybridized carbons (Fsp3) is 0.571. The van der Waals surface area contributed by atoms with Crippen LogP contribution < -0.4 is 16.6 Å². The minimum atomic E-state index is 0.184. The molecule has 1 atom stereocenters. The zero-order valence-corrected chi connectivity index (χ0v) is 13.8. The molecule has 21 heavy (non-hydrogen) atoms. The minimum absolute atomic E-state index is 0.184. The second kappa shape index (κ2) is 7.02. The lowest BCUT2D eigenvalue weighted by atomic mass is 10.1. The van der Waals surface area contributed by atoms with Crippen molar-refractivity contribution >= 4 is 33.3 Å². The van der Waals surface area contributed by atoms with Crippen molar-refractivity contribution < 1.29 is 4.74 Å².